The minimum absolute atomic E-state index is 0.0129. The number of ether oxygens (including phenoxy) is 2. The van der Waals surface area contributed by atoms with E-state index < -0.39 is 22.8 Å². The number of carbonyl (C=O) groups is 2. The van der Waals surface area contributed by atoms with Crippen molar-refractivity contribution in [1.82, 2.24) is 4.90 Å². The zero-order valence-corrected chi connectivity index (χ0v) is 11.4. The van der Waals surface area contributed by atoms with Crippen LogP contribution >= 0.6 is 0 Å². The fraction of sp³-hybridized carbons (Fsp3) is 0.385. The van der Waals surface area contributed by atoms with E-state index in [1.54, 1.807) is 0 Å². The molecule has 1 saturated heterocycles. The van der Waals surface area contributed by atoms with E-state index in [4.69, 9.17) is 4.74 Å². The zero-order valence-electron chi connectivity index (χ0n) is 11.4. The fourth-order valence-corrected chi connectivity index (χ4v) is 2.15. The number of morpholine rings is 1. The first kappa shape index (κ1) is 14.9. The second-order valence-corrected chi connectivity index (χ2v) is 4.39. The maximum atomic E-state index is 12.5. The van der Waals surface area contributed by atoms with Crippen molar-refractivity contribution in [3.05, 3.63) is 39.9 Å². The predicted octanol–water partition coefficient (Wildman–Crippen LogP) is 0.609. The van der Waals surface area contributed by atoms with Gasteiger partial charge in [-0.05, 0) is 6.07 Å². The number of hydrogen-bond donors (Lipinski definition) is 0. The molecular formula is C13H14N2O6. The molecule has 0 aliphatic carbocycles. The molecule has 112 valence electrons. The number of esters is 1. The van der Waals surface area contributed by atoms with E-state index in [1.165, 1.54) is 36.3 Å². The van der Waals surface area contributed by atoms with Crippen molar-refractivity contribution in [2.75, 3.05) is 26.9 Å². The molecule has 1 heterocycles. The lowest BCUT2D eigenvalue weighted by atomic mass is 10.1. The lowest BCUT2D eigenvalue weighted by Crippen LogP contribution is -2.53. The molecule has 1 aliphatic rings. The molecule has 0 aromatic heterocycles. The van der Waals surface area contributed by atoms with Crippen molar-refractivity contribution < 1.29 is 24.0 Å². The molecule has 1 aromatic carbocycles. The minimum Gasteiger partial charge on any atom is -0.467 e. The molecule has 0 N–H and O–H groups in total. The van der Waals surface area contributed by atoms with Crippen molar-refractivity contribution >= 4 is 17.6 Å². The molecule has 0 radical (unpaired) electrons. The van der Waals surface area contributed by atoms with E-state index in [0.717, 1.165) is 0 Å². The van der Waals surface area contributed by atoms with Crippen LogP contribution in [-0.4, -0.2) is 54.6 Å². The number of nitrogens with zero attached hydrogens (tertiary/aromatic N) is 2. The van der Waals surface area contributed by atoms with Crippen LogP contribution in [0.5, 0.6) is 0 Å². The molecule has 1 fully saturated rings. The number of hydrogen-bond acceptors (Lipinski definition) is 6. The molecule has 1 unspecified atom stereocenters. The Kier molecular flexibility index (Phi) is 4.49. The van der Waals surface area contributed by atoms with Gasteiger partial charge in [-0.15, -0.1) is 0 Å². The van der Waals surface area contributed by atoms with Crippen LogP contribution < -0.4 is 0 Å². The highest BCUT2D eigenvalue weighted by molar-refractivity contribution is 6.00. The zero-order chi connectivity index (χ0) is 15.4. The van der Waals surface area contributed by atoms with Crippen molar-refractivity contribution in [1.29, 1.82) is 0 Å². The number of rotatable bonds is 3. The van der Waals surface area contributed by atoms with Crippen LogP contribution in [0.2, 0.25) is 0 Å². The van der Waals surface area contributed by atoms with E-state index in [1.807, 2.05) is 0 Å². The smallest absolute Gasteiger partial charge is 0.331 e. The molecule has 8 nitrogen and oxygen atoms in total. The summed E-state index contributed by atoms with van der Waals surface area (Å²) < 4.78 is 9.81. The molecule has 1 aromatic rings. The van der Waals surface area contributed by atoms with Gasteiger partial charge in [-0.2, -0.15) is 0 Å². The number of para-hydroxylation sites is 1. The van der Waals surface area contributed by atoms with Crippen LogP contribution in [0.4, 0.5) is 5.69 Å². The van der Waals surface area contributed by atoms with Gasteiger partial charge in [0.1, 0.15) is 5.56 Å². The summed E-state index contributed by atoms with van der Waals surface area (Å²) in [6.45, 7) is 0.448. The van der Waals surface area contributed by atoms with Gasteiger partial charge in [0.2, 0.25) is 0 Å². The Morgan fingerprint density at radius 3 is 2.81 bits per heavy atom. The van der Waals surface area contributed by atoms with Gasteiger partial charge < -0.3 is 14.4 Å². The quantitative estimate of drug-likeness (QED) is 0.460. The Morgan fingerprint density at radius 1 is 1.43 bits per heavy atom. The maximum absolute atomic E-state index is 12.5. The van der Waals surface area contributed by atoms with E-state index >= 15 is 0 Å². The molecule has 0 bridgehead atoms. The van der Waals surface area contributed by atoms with Crippen molar-refractivity contribution in [2.24, 2.45) is 0 Å². The third-order valence-corrected chi connectivity index (χ3v) is 3.19. The van der Waals surface area contributed by atoms with Gasteiger partial charge in [0.25, 0.3) is 11.6 Å². The molecule has 21 heavy (non-hydrogen) atoms. The summed E-state index contributed by atoms with van der Waals surface area (Å²) in [4.78, 5) is 35.8. The summed E-state index contributed by atoms with van der Waals surface area (Å²) in [7, 11) is 1.21. The summed E-state index contributed by atoms with van der Waals surface area (Å²) >= 11 is 0. The van der Waals surface area contributed by atoms with Gasteiger partial charge in [-0.25, -0.2) is 4.79 Å². The number of nitro groups is 1. The molecular weight excluding hydrogens is 280 g/mol. The van der Waals surface area contributed by atoms with Gasteiger partial charge in [-0.1, -0.05) is 12.1 Å². The largest absolute Gasteiger partial charge is 0.467 e. The fourth-order valence-electron chi connectivity index (χ4n) is 2.15. The highest BCUT2D eigenvalue weighted by Crippen LogP contribution is 2.22. The van der Waals surface area contributed by atoms with E-state index in [0.29, 0.717) is 0 Å². The summed E-state index contributed by atoms with van der Waals surface area (Å²) in [6, 6.07) is 4.74. The first-order chi connectivity index (χ1) is 10.1. The van der Waals surface area contributed by atoms with Gasteiger partial charge in [0.05, 0.1) is 25.2 Å². The lowest BCUT2D eigenvalue weighted by molar-refractivity contribution is -0.385. The normalized spacial score (nSPS) is 18.1. The second-order valence-electron chi connectivity index (χ2n) is 4.39. The molecule has 0 saturated carbocycles. The Labute approximate surface area is 120 Å². The summed E-state index contributed by atoms with van der Waals surface area (Å²) in [5, 5.41) is 11.0. The highest BCUT2D eigenvalue weighted by atomic mass is 16.6. The molecule has 2 rings (SSSR count). The van der Waals surface area contributed by atoms with Crippen molar-refractivity contribution in [3.63, 3.8) is 0 Å². The SMILES string of the molecule is COC(=O)C1COCCN1C(=O)c1ccccc1[N+](=O)[O-]. The standard InChI is InChI=1S/C13H14N2O6/c1-20-13(17)11-8-21-7-6-14(11)12(16)9-4-2-3-5-10(9)15(18)19/h2-5,11H,6-8H2,1H3. The van der Waals surface area contributed by atoms with Gasteiger partial charge in [0.15, 0.2) is 6.04 Å². The topological polar surface area (TPSA) is 99.0 Å². The molecule has 1 amide bonds. The average molecular weight is 294 g/mol. The average Bonchev–Trinajstić information content (AvgIpc) is 2.53. The Balaban J connectivity index is 2.33. The van der Waals surface area contributed by atoms with Crippen LogP contribution in [0.15, 0.2) is 24.3 Å². The Morgan fingerprint density at radius 2 is 2.14 bits per heavy atom. The summed E-state index contributed by atoms with van der Waals surface area (Å²) in [5.74, 6) is -1.19. The van der Waals surface area contributed by atoms with Gasteiger partial charge >= 0.3 is 5.97 Å². The van der Waals surface area contributed by atoms with Crippen LogP contribution in [0.1, 0.15) is 10.4 Å². The third kappa shape index (κ3) is 3.00. The van der Waals surface area contributed by atoms with Crippen LogP contribution in [0, 0.1) is 10.1 Å². The van der Waals surface area contributed by atoms with Crippen LogP contribution in [0.3, 0.4) is 0 Å². The summed E-state index contributed by atoms with van der Waals surface area (Å²) in [5.41, 5.74) is -0.351. The van der Waals surface area contributed by atoms with Gasteiger partial charge in [0, 0.05) is 12.6 Å². The Bertz CT molecular complexity index is 574. The lowest BCUT2D eigenvalue weighted by Gasteiger charge is -2.33. The molecule has 1 atom stereocenters. The third-order valence-electron chi connectivity index (χ3n) is 3.19. The number of carbonyl (C=O) groups excluding carboxylic acids is 2. The minimum atomic E-state index is -0.893. The second kappa shape index (κ2) is 6.31. The van der Waals surface area contributed by atoms with E-state index in [2.05, 4.69) is 4.74 Å². The number of methoxy groups -OCH3 is 1. The first-order valence-corrected chi connectivity index (χ1v) is 6.26. The van der Waals surface area contributed by atoms with Crippen molar-refractivity contribution in [3.8, 4) is 0 Å². The summed E-state index contributed by atoms with van der Waals surface area (Å²) in [6.07, 6.45) is 0. The predicted molar refractivity (Wildman–Crippen MR) is 70.8 cm³/mol. The first-order valence-electron chi connectivity index (χ1n) is 6.26. The van der Waals surface area contributed by atoms with Crippen molar-refractivity contribution in [2.45, 2.75) is 6.04 Å². The number of nitro benzene ring substituents is 1. The van der Waals surface area contributed by atoms with Gasteiger partial charge in [-0.3, -0.25) is 14.9 Å². The van der Waals surface area contributed by atoms with E-state index in [9.17, 15) is 19.7 Å². The molecule has 0 spiro atoms. The number of amides is 1. The van der Waals surface area contributed by atoms with E-state index in [-0.39, 0.29) is 31.0 Å². The molecule has 1 aliphatic heterocycles. The maximum Gasteiger partial charge on any atom is 0.331 e. The Hall–Kier alpha value is -2.48. The van der Waals surface area contributed by atoms with Crippen LogP contribution in [0.25, 0.3) is 0 Å². The highest BCUT2D eigenvalue weighted by Gasteiger charge is 2.36. The number of benzene rings is 1. The monoisotopic (exact) mass is 294 g/mol. The molecule has 8 heteroatoms. The van der Waals surface area contributed by atoms with Crippen LogP contribution in [-0.2, 0) is 14.3 Å².